The third-order valence-electron chi connectivity index (χ3n) is 5.71. The van der Waals surface area contributed by atoms with Crippen LogP contribution in [-0.2, 0) is 20.9 Å². The molecule has 172 valence electrons. The average Bonchev–Trinajstić information content (AvgIpc) is 3.23. The summed E-state index contributed by atoms with van der Waals surface area (Å²) >= 11 is 7.36. The number of thiophene rings is 1. The number of anilines is 1. The van der Waals surface area contributed by atoms with Gasteiger partial charge in [0.1, 0.15) is 18.4 Å². The normalized spacial score (nSPS) is 19.4. The zero-order valence-electron chi connectivity index (χ0n) is 18.1. The summed E-state index contributed by atoms with van der Waals surface area (Å²) in [5, 5.41) is 0.791. The second-order valence-corrected chi connectivity index (χ2v) is 9.48. The van der Waals surface area contributed by atoms with E-state index >= 15 is 0 Å². The van der Waals surface area contributed by atoms with Crippen molar-refractivity contribution in [3.8, 4) is 0 Å². The fourth-order valence-electron chi connectivity index (χ4n) is 4.10. The number of nitrogen functional groups attached to an aromatic ring is 1. The van der Waals surface area contributed by atoms with Gasteiger partial charge in [0.25, 0.3) is 0 Å². The molecule has 2 aromatic heterocycles. The van der Waals surface area contributed by atoms with Gasteiger partial charge >= 0.3 is 0 Å². The molecule has 4 rings (SSSR count). The highest BCUT2D eigenvalue weighted by molar-refractivity contribution is 7.17. The Morgan fingerprint density at radius 2 is 2.15 bits per heavy atom. The molecule has 2 N–H and O–H groups in total. The number of nitrogens with two attached hydrogens (primary N) is 1. The van der Waals surface area contributed by atoms with Crippen molar-refractivity contribution in [2.75, 3.05) is 32.5 Å². The lowest BCUT2D eigenvalue weighted by Gasteiger charge is -2.45. The predicted molar refractivity (Wildman–Crippen MR) is 130 cm³/mol. The van der Waals surface area contributed by atoms with Gasteiger partial charge < -0.3 is 20.2 Å². The molecule has 0 aliphatic carbocycles. The van der Waals surface area contributed by atoms with E-state index in [1.807, 2.05) is 24.3 Å². The van der Waals surface area contributed by atoms with Crippen LogP contribution >= 0.6 is 22.9 Å². The molecule has 1 aromatic carbocycles. The molecule has 10 heteroatoms. The first-order valence-electron chi connectivity index (χ1n) is 10.4. The number of amides is 1. The zero-order chi connectivity index (χ0) is 23.4. The number of aldehydes is 1. The number of rotatable bonds is 7. The van der Waals surface area contributed by atoms with Crippen LogP contribution in [0.2, 0.25) is 4.34 Å². The average molecular weight is 486 g/mol. The van der Waals surface area contributed by atoms with E-state index in [2.05, 4.69) is 14.9 Å². The van der Waals surface area contributed by atoms with Gasteiger partial charge in [-0.05, 0) is 35.9 Å². The monoisotopic (exact) mass is 485 g/mol. The lowest BCUT2D eigenvalue weighted by Crippen LogP contribution is -2.62. The smallest absolute Gasteiger partial charge is 0.247 e. The number of fused-ring (bicyclic) bond motifs is 1. The van der Waals surface area contributed by atoms with Crippen molar-refractivity contribution in [1.29, 1.82) is 0 Å². The Morgan fingerprint density at radius 1 is 1.30 bits per heavy atom. The Balaban J connectivity index is 1.52. The maximum atomic E-state index is 13.0. The van der Waals surface area contributed by atoms with Gasteiger partial charge in [0.2, 0.25) is 5.91 Å². The fraction of sp³-hybridized carbons (Fsp3) is 0.304. The zero-order valence-corrected chi connectivity index (χ0v) is 19.6. The maximum absolute atomic E-state index is 13.0. The van der Waals surface area contributed by atoms with Gasteiger partial charge in [0.05, 0.1) is 28.5 Å². The second-order valence-electron chi connectivity index (χ2n) is 7.74. The topological polar surface area (TPSA) is 102 Å². The maximum Gasteiger partial charge on any atom is 0.247 e. The summed E-state index contributed by atoms with van der Waals surface area (Å²) in [4.78, 5) is 38.1. The van der Waals surface area contributed by atoms with Gasteiger partial charge in [0, 0.05) is 43.1 Å². The molecule has 1 amide bonds. The number of hydrogen-bond donors (Lipinski definition) is 1. The Kier molecular flexibility index (Phi) is 7.34. The van der Waals surface area contributed by atoms with Crippen LogP contribution in [-0.4, -0.2) is 70.9 Å². The molecular weight excluding hydrogens is 462 g/mol. The standard InChI is InChI=1S/C23H24ClN5O3S/c1-32-13-20-19(12-30)28(11-15-2-5-17-18(10-15)26-14-27-23(17)25)8-9-29(20)22(31)7-4-16-3-6-21(24)33-16/h2-7,10,12,14,19-20H,8-9,11,13H2,1H3,(H2,25,26,27)/t19?,20-/m1/s1. The summed E-state index contributed by atoms with van der Waals surface area (Å²) in [5.74, 6) is 0.272. The van der Waals surface area contributed by atoms with Gasteiger partial charge in [-0.25, -0.2) is 9.97 Å². The third kappa shape index (κ3) is 5.22. The Morgan fingerprint density at radius 3 is 2.88 bits per heavy atom. The van der Waals surface area contributed by atoms with Gasteiger partial charge in [-0.3, -0.25) is 9.69 Å². The van der Waals surface area contributed by atoms with E-state index in [1.165, 1.54) is 23.7 Å². The van der Waals surface area contributed by atoms with Crippen molar-refractivity contribution in [2.45, 2.75) is 18.6 Å². The molecule has 0 saturated carbocycles. The molecule has 1 unspecified atom stereocenters. The number of nitrogens with zero attached hydrogens (tertiary/aromatic N) is 4. The summed E-state index contributed by atoms with van der Waals surface area (Å²) in [6.07, 6.45) is 5.60. The van der Waals surface area contributed by atoms with Crippen molar-refractivity contribution in [1.82, 2.24) is 19.8 Å². The van der Waals surface area contributed by atoms with Gasteiger partial charge in [0.15, 0.2) is 0 Å². The van der Waals surface area contributed by atoms with Crippen molar-refractivity contribution >= 4 is 57.9 Å². The van der Waals surface area contributed by atoms with Crippen LogP contribution in [0, 0.1) is 0 Å². The number of carbonyl (C=O) groups excluding carboxylic acids is 2. The molecule has 33 heavy (non-hydrogen) atoms. The molecule has 0 bridgehead atoms. The summed E-state index contributed by atoms with van der Waals surface area (Å²) in [6, 6.07) is 8.55. The van der Waals surface area contributed by atoms with Gasteiger partial charge in [-0.2, -0.15) is 0 Å². The van der Waals surface area contributed by atoms with Gasteiger partial charge in [-0.1, -0.05) is 17.7 Å². The molecule has 0 radical (unpaired) electrons. The molecule has 2 atom stereocenters. The largest absolute Gasteiger partial charge is 0.383 e. The van der Waals surface area contributed by atoms with Crippen LogP contribution in [0.1, 0.15) is 10.4 Å². The fourth-order valence-corrected chi connectivity index (χ4v) is 5.06. The minimum atomic E-state index is -0.501. The molecular formula is C23H24ClN5O3S. The van der Waals surface area contributed by atoms with E-state index in [0.29, 0.717) is 29.8 Å². The molecule has 0 spiro atoms. The highest BCUT2D eigenvalue weighted by Gasteiger charge is 2.38. The number of halogens is 1. The number of benzene rings is 1. The van der Waals surface area contributed by atoms with E-state index in [0.717, 1.165) is 27.6 Å². The van der Waals surface area contributed by atoms with E-state index < -0.39 is 12.1 Å². The number of piperazine rings is 1. The lowest BCUT2D eigenvalue weighted by atomic mass is 10.0. The second kappa shape index (κ2) is 10.4. The molecule has 1 saturated heterocycles. The Labute approximate surface area is 200 Å². The molecule has 3 heterocycles. The van der Waals surface area contributed by atoms with E-state index in [4.69, 9.17) is 22.1 Å². The highest BCUT2D eigenvalue weighted by atomic mass is 35.5. The SMILES string of the molecule is COC[C@@H]1C(C=O)N(Cc2ccc3c(N)ncnc3c2)CCN1C(=O)C=Cc1ccc(Cl)s1. The van der Waals surface area contributed by atoms with E-state index in [1.54, 1.807) is 24.2 Å². The summed E-state index contributed by atoms with van der Waals surface area (Å²) < 4.78 is 6.04. The summed E-state index contributed by atoms with van der Waals surface area (Å²) in [5.41, 5.74) is 7.67. The number of ether oxygens (including phenoxy) is 1. The van der Waals surface area contributed by atoms with E-state index in [-0.39, 0.29) is 12.5 Å². The molecule has 1 aliphatic rings. The van der Waals surface area contributed by atoms with Crippen molar-refractivity contribution < 1.29 is 14.3 Å². The number of hydrogen-bond acceptors (Lipinski definition) is 8. The third-order valence-corrected chi connectivity index (χ3v) is 6.90. The number of aromatic nitrogens is 2. The van der Waals surface area contributed by atoms with Crippen LogP contribution in [0.15, 0.2) is 42.7 Å². The van der Waals surface area contributed by atoms with Gasteiger partial charge in [-0.15, -0.1) is 11.3 Å². The first kappa shape index (κ1) is 23.3. The quantitative estimate of drug-likeness (QED) is 0.405. The van der Waals surface area contributed by atoms with Crippen molar-refractivity contribution in [3.05, 3.63) is 57.5 Å². The first-order valence-corrected chi connectivity index (χ1v) is 11.6. The van der Waals surface area contributed by atoms with Crippen LogP contribution in [0.25, 0.3) is 17.0 Å². The number of carbonyl (C=O) groups is 2. The number of methoxy groups -OCH3 is 1. The van der Waals surface area contributed by atoms with E-state index in [9.17, 15) is 9.59 Å². The van der Waals surface area contributed by atoms with Crippen LogP contribution in [0.5, 0.6) is 0 Å². The first-order chi connectivity index (χ1) is 16.0. The predicted octanol–water partition coefficient (Wildman–Crippen LogP) is 2.87. The molecule has 8 nitrogen and oxygen atoms in total. The molecule has 1 fully saturated rings. The lowest BCUT2D eigenvalue weighted by molar-refractivity contribution is -0.138. The minimum absolute atomic E-state index is 0.161. The van der Waals surface area contributed by atoms with Crippen LogP contribution in [0.3, 0.4) is 0 Å². The molecule has 3 aromatic rings. The minimum Gasteiger partial charge on any atom is -0.383 e. The van der Waals surface area contributed by atoms with Crippen molar-refractivity contribution in [2.24, 2.45) is 0 Å². The summed E-state index contributed by atoms with van der Waals surface area (Å²) in [7, 11) is 1.57. The Hall–Kier alpha value is -2.85. The summed E-state index contributed by atoms with van der Waals surface area (Å²) in [6.45, 7) is 1.83. The van der Waals surface area contributed by atoms with Crippen LogP contribution < -0.4 is 5.73 Å². The van der Waals surface area contributed by atoms with Crippen LogP contribution in [0.4, 0.5) is 5.82 Å². The Bertz CT molecular complexity index is 1180. The van der Waals surface area contributed by atoms with Crippen molar-refractivity contribution in [3.63, 3.8) is 0 Å². The highest BCUT2D eigenvalue weighted by Crippen LogP contribution is 2.25. The molecule has 1 aliphatic heterocycles.